The van der Waals surface area contributed by atoms with E-state index in [1.54, 1.807) is 6.20 Å². The zero-order chi connectivity index (χ0) is 18.0. The zero-order valence-corrected chi connectivity index (χ0v) is 14.7. The van der Waals surface area contributed by atoms with Gasteiger partial charge in [0.05, 0.1) is 9.82 Å². The van der Waals surface area contributed by atoms with Gasteiger partial charge in [0, 0.05) is 44.2 Å². The second-order valence-electron chi connectivity index (χ2n) is 6.23. The molecule has 1 aromatic carbocycles. The predicted octanol–water partition coefficient (Wildman–Crippen LogP) is 2.20. The second kappa shape index (κ2) is 6.93. The van der Waals surface area contributed by atoms with Gasteiger partial charge in [0.1, 0.15) is 5.82 Å². The zero-order valence-electron chi connectivity index (χ0n) is 13.9. The number of imidazole rings is 1. The normalized spacial score (nSPS) is 16.8. The molecule has 8 nitrogen and oxygen atoms in total. The number of aromatic nitrogens is 2. The number of piperidine rings is 1. The molecule has 0 spiro atoms. The number of hydrogen-bond donors (Lipinski definition) is 0. The van der Waals surface area contributed by atoms with Crippen LogP contribution in [0.15, 0.2) is 41.6 Å². The molecule has 0 aliphatic carbocycles. The molecule has 0 bridgehead atoms. The third-order valence-electron chi connectivity index (χ3n) is 4.62. The van der Waals surface area contributed by atoms with E-state index in [9.17, 15) is 18.5 Å². The Morgan fingerprint density at radius 1 is 1.32 bits per heavy atom. The van der Waals surface area contributed by atoms with E-state index < -0.39 is 14.9 Å². The van der Waals surface area contributed by atoms with Crippen LogP contribution in [-0.2, 0) is 16.6 Å². The lowest BCUT2D eigenvalue weighted by Gasteiger charge is -2.31. The summed E-state index contributed by atoms with van der Waals surface area (Å²) in [6, 6.07) is 5.22. The minimum absolute atomic E-state index is 0.0226. The van der Waals surface area contributed by atoms with Crippen molar-refractivity contribution in [3.63, 3.8) is 0 Å². The average molecular weight is 364 g/mol. The van der Waals surface area contributed by atoms with Crippen LogP contribution in [0.3, 0.4) is 0 Å². The maximum atomic E-state index is 12.7. The summed E-state index contributed by atoms with van der Waals surface area (Å²) in [5.74, 6) is 1.34. The molecule has 134 valence electrons. The van der Waals surface area contributed by atoms with Gasteiger partial charge in [0.25, 0.3) is 5.69 Å². The van der Waals surface area contributed by atoms with Crippen molar-refractivity contribution >= 4 is 15.7 Å². The Kier molecular flexibility index (Phi) is 4.87. The smallest absolute Gasteiger partial charge is 0.270 e. The van der Waals surface area contributed by atoms with Crippen LogP contribution in [0.1, 0.15) is 18.7 Å². The Balaban J connectivity index is 1.68. The van der Waals surface area contributed by atoms with Crippen molar-refractivity contribution in [3.05, 3.63) is 52.6 Å². The van der Waals surface area contributed by atoms with E-state index in [-0.39, 0.29) is 10.6 Å². The molecule has 0 atom stereocenters. The lowest BCUT2D eigenvalue weighted by atomic mass is 9.98. The highest BCUT2D eigenvalue weighted by Gasteiger charge is 2.30. The monoisotopic (exact) mass is 364 g/mol. The number of nitro groups is 1. The van der Waals surface area contributed by atoms with Crippen LogP contribution in [0.25, 0.3) is 0 Å². The molecular formula is C16H20N4O4S. The minimum atomic E-state index is -3.70. The Hall–Kier alpha value is -2.26. The summed E-state index contributed by atoms with van der Waals surface area (Å²) in [4.78, 5) is 14.5. The molecule has 25 heavy (non-hydrogen) atoms. The van der Waals surface area contributed by atoms with Gasteiger partial charge in [-0.25, -0.2) is 13.4 Å². The van der Waals surface area contributed by atoms with Gasteiger partial charge < -0.3 is 4.57 Å². The summed E-state index contributed by atoms with van der Waals surface area (Å²) < 4.78 is 29.0. The number of nitrogens with zero attached hydrogens (tertiary/aromatic N) is 4. The van der Waals surface area contributed by atoms with E-state index in [1.807, 2.05) is 13.1 Å². The van der Waals surface area contributed by atoms with Crippen molar-refractivity contribution in [2.24, 2.45) is 5.92 Å². The second-order valence-corrected chi connectivity index (χ2v) is 8.17. The lowest BCUT2D eigenvalue weighted by molar-refractivity contribution is -0.385. The van der Waals surface area contributed by atoms with Crippen LogP contribution in [-0.4, -0.2) is 40.3 Å². The molecule has 0 saturated carbocycles. The van der Waals surface area contributed by atoms with E-state index in [4.69, 9.17) is 0 Å². The van der Waals surface area contributed by atoms with Crippen LogP contribution in [0.5, 0.6) is 0 Å². The van der Waals surface area contributed by atoms with E-state index in [0.717, 1.165) is 31.3 Å². The van der Waals surface area contributed by atoms with Crippen molar-refractivity contribution in [1.29, 1.82) is 0 Å². The summed E-state index contributed by atoms with van der Waals surface area (Å²) in [6.45, 7) is 3.62. The van der Waals surface area contributed by atoms with E-state index in [2.05, 4.69) is 9.55 Å². The SMILES string of the molecule is Cc1nccn1CC1CCN(S(=O)(=O)c2cccc([N+](=O)[O-])c2)CC1. The fourth-order valence-electron chi connectivity index (χ4n) is 3.11. The quantitative estimate of drug-likeness (QED) is 0.598. The molecule has 0 radical (unpaired) electrons. The first-order valence-electron chi connectivity index (χ1n) is 8.10. The summed E-state index contributed by atoms with van der Waals surface area (Å²) in [7, 11) is -3.70. The van der Waals surface area contributed by atoms with Gasteiger partial charge in [-0.15, -0.1) is 0 Å². The molecule has 1 aliphatic rings. The maximum absolute atomic E-state index is 12.7. The summed E-state index contributed by atoms with van der Waals surface area (Å²) >= 11 is 0. The number of hydrogen-bond acceptors (Lipinski definition) is 5. The van der Waals surface area contributed by atoms with Crippen LogP contribution < -0.4 is 0 Å². The van der Waals surface area contributed by atoms with E-state index in [0.29, 0.717) is 19.0 Å². The highest BCUT2D eigenvalue weighted by Crippen LogP contribution is 2.26. The van der Waals surface area contributed by atoms with Gasteiger partial charge in [-0.3, -0.25) is 10.1 Å². The van der Waals surface area contributed by atoms with Gasteiger partial charge in [-0.2, -0.15) is 4.31 Å². The molecule has 2 heterocycles. The van der Waals surface area contributed by atoms with Crippen molar-refractivity contribution in [1.82, 2.24) is 13.9 Å². The van der Waals surface area contributed by atoms with Crippen molar-refractivity contribution in [2.45, 2.75) is 31.2 Å². The van der Waals surface area contributed by atoms with Gasteiger partial charge >= 0.3 is 0 Å². The summed E-state index contributed by atoms with van der Waals surface area (Å²) in [5.41, 5.74) is -0.216. The van der Waals surface area contributed by atoms with Crippen LogP contribution in [0.4, 0.5) is 5.69 Å². The fraction of sp³-hybridized carbons (Fsp3) is 0.438. The van der Waals surface area contributed by atoms with Gasteiger partial charge in [0.15, 0.2) is 0 Å². The first kappa shape index (κ1) is 17.6. The minimum Gasteiger partial charge on any atom is -0.335 e. The lowest BCUT2D eigenvalue weighted by Crippen LogP contribution is -2.39. The number of rotatable bonds is 5. The topological polar surface area (TPSA) is 98.3 Å². The molecule has 2 aromatic rings. The van der Waals surface area contributed by atoms with Gasteiger partial charge in [-0.05, 0) is 31.7 Å². The van der Waals surface area contributed by atoms with Gasteiger partial charge in [-0.1, -0.05) is 6.07 Å². The van der Waals surface area contributed by atoms with Gasteiger partial charge in [0.2, 0.25) is 10.0 Å². The molecule has 9 heteroatoms. The summed E-state index contributed by atoms with van der Waals surface area (Å²) in [5, 5.41) is 10.9. The standard InChI is InChI=1S/C16H20N4O4S/c1-13-17-7-10-18(13)12-14-5-8-19(9-6-14)25(23,24)16-4-2-3-15(11-16)20(21)22/h2-4,7,10-11,14H,5-6,8-9,12H2,1H3. The Morgan fingerprint density at radius 3 is 2.64 bits per heavy atom. The molecule has 3 rings (SSSR count). The van der Waals surface area contributed by atoms with Crippen LogP contribution >= 0.6 is 0 Å². The van der Waals surface area contributed by atoms with Crippen molar-refractivity contribution in [2.75, 3.05) is 13.1 Å². The first-order chi connectivity index (χ1) is 11.9. The van der Waals surface area contributed by atoms with E-state index >= 15 is 0 Å². The van der Waals surface area contributed by atoms with E-state index in [1.165, 1.54) is 22.5 Å². The fourth-order valence-corrected chi connectivity index (χ4v) is 4.62. The largest absolute Gasteiger partial charge is 0.335 e. The molecule has 1 aromatic heterocycles. The highest BCUT2D eigenvalue weighted by atomic mass is 32.2. The predicted molar refractivity (Wildman–Crippen MR) is 91.5 cm³/mol. The molecule has 0 amide bonds. The summed E-state index contributed by atoms with van der Waals surface area (Å²) in [6.07, 6.45) is 5.20. The van der Waals surface area contributed by atoms with Crippen molar-refractivity contribution < 1.29 is 13.3 Å². The van der Waals surface area contributed by atoms with Crippen molar-refractivity contribution in [3.8, 4) is 0 Å². The third-order valence-corrected chi connectivity index (χ3v) is 6.51. The number of non-ortho nitro benzene ring substituents is 1. The number of nitro benzene ring substituents is 1. The van der Waals surface area contributed by atoms with Crippen LogP contribution in [0, 0.1) is 23.0 Å². The maximum Gasteiger partial charge on any atom is 0.270 e. The third kappa shape index (κ3) is 3.72. The number of aryl methyl sites for hydroxylation is 1. The molecule has 1 aliphatic heterocycles. The van der Waals surface area contributed by atoms with Crippen LogP contribution in [0.2, 0.25) is 0 Å². The Labute approximate surface area is 146 Å². The first-order valence-corrected chi connectivity index (χ1v) is 9.54. The average Bonchev–Trinajstić information content (AvgIpc) is 3.00. The molecule has 0 unspecified atom stereocenters. The molecule has 1 saturated heterocycles. The molecular weight excluding hydrogens is 344 g/mol. The Morgan fingerprint density at radius 2 is 2.04 bits per heavy atom. The highest BCUT2D eigenvalue weighted by molar-refractivity contribution is 7.89. The Bertz CT molecular complexity index is 870. The molecule has 0 N–H and O–H groups in total. The number of benzene rings is 1. The molecule has 1 fully saturated rings. The number of sulfonamides is 1.